The van der Waals surface area contributed by atoms with Gasteiger partial charge in [-0.2, -0.15) is 0 Å². The SMILES string of the molecule is NCc1cccc2c1N(CC1CC1)CC2. The van der Waals surface area contributed by atoms with Crippen LogP contribution in [0.2, 0.25) is 0 Å². The molecule has 1 aromatic carbocycles. The fraction of sp³-hybridized carbons (Fsp3) is 0.538. The fourth-order valence-corrected chi connectivity index (χ4v) is 2.58. The summed E-state index contributed by atoms with van der Waals surface area (Å²) < 4.78 is 0. The van der Waals surface area contributed by atoms with Gasteiger partial charge >= 0.3 is 0 Å². The first-order valence-corrected chi connectivity index (χ1v) is 5.94. The second kappa shape index (κ2) is 3.53. The van der Waals surface area contributed by atoms with Crippen LogP contribution in [0.5, 0.6) is 0 Å². The Morgan fingerprint density at radius 3 is 2.93 bits per heavy atom. The van der Waals surface area contributed by atoms with Crippen LogP contribution in [0.3, 0.4) is 0 Å². The molecule has 0 unspecified atom stereocenters. The van der Waals surface area contributed by atoms with Gasteiger partial charge in [-0.05, 0) is 36.3 Å². The predicted molar refractivity (Wildman–Crippen MR) is 63.0 cm³/mol. The van der Waals surface area contributed by atoms with E-state index in [2.05, 4.69) is 23.1 Å². The van der Waals surface area contributed by atoms with Gasteiger partial charge < -0.3 is 10.6 Å². The van der Waals surface area contributed by atoms with Crippen LogP contribution < -0.4 is 10.6 Å². The lowest BCUT2D eigenvalue weighted by molar-refractivity contribution is 0.744. The second-order valence-electron chi connectivity index (χ2n) is 4.77. The number of fused-ring (bicyclic) bond motifs is 1. The average Bonchev–Trinajstić information content (AvgIpc) is 2.98. The minimum Gasteiger partial charge on any atom is -0.370 e. The van der Waals surface area contributed by atoms with E-state index in [1.165, 1.54) is 49.2 Å². The van der Waals surface area contributed by atoms with E-state index in [4.69, 9.17) is 5.73 Å². The topological polar surface area (TPSA) is 29.3 Å². The van der Waals surface area contributed by atoms with Crippen molar-refractivity contribution in [2.75, 3.05) is 18.0 Å². The van der Waals surface area contributed by atoms with E-state index >= 15 is 0 Å². The number of nitrogens with two attached hydrogens (primary N) is 1. The summed E-state index contributed by atoms with van der Waals surface area (Å²) in [6.45, 7) is 3.12. The van der Waals surface area contributed by atoms with Gasteiger partial charge in [0.15, 0.2) is 0 Å². The highest BCUT2D eigenvalue weighted by atomic mass is 15.2. The molecule has 0 amide bonds. The monoisotopic (exact) mass is 202 g/mol. The Morgan fingerprint density at radius 1 is 1.33 bits per heavy atom. The summed E-state index contributed by atoms with van der Waals surface area (Å²) in [4.78, 5) is 2.55. The van der Waals surface area contributed by atoms with E-state index in [9.17, 15) is 0 Å². The first kappa shape index (κ1) is 9.22. The predicted octanol–water partition coefficient (Wildman–Crippen LogP) is 1.92. The van der Waals surface area contributed by atoms with Crippen LogP contribution in [-0.4, -0.2) is 13.1 Å². The molecule has 0 aromatic heterocycles. The average molecular weight is 202 g/mol. The molecule has 3 rings (SSSR count). The Labute approximate surface area is 91.1 Å². The lowest BCUT2D eigenvalue weighted by Gasteiger charge is -2.21. The Morgan fingerprint density at radius 2 is 2.20 bits per heavy atom. The molecule has 2 N–H and O–H groups in total. The van der Waals surface area contributed by atoms with Crippen LogP contribution in [0, 0.1) is 5.92 Å². The van der Waals surface area contributed by atoms with Gasteiger partial charge in [-0.25, -0.2) is 0 Å². The van der Waals surface area contributed by atoms with E-state index < -0.39 is 0 Å². The molecule has 2 heteroatoms. The van der Waals surface area contributed by atoms with Crippen LogP contribution >= 0.6 is 0 Å². The number of benzene rings is 1. The smallest absolute Gasteiger partial charge is 0.0445 e. The van der Waals surface area contributed by atoms with Crippen molar-refractivity contribution in [2.45, 2.75) is 25.8 Å². The molecule has 0 radical (unpaired) electrons. The number of para-hydroxylation sites is 1. The van der Waals surface area contributed by atoms with Crippen molar-refractivity contribution in [3.8, 4) is 0 Å². The van der Waals surface area contributed by atoms with Gasteiger partial charge in [0.1, 0.15) is 0 Å². The van der Waals surface area contributed by atoms with Crippen molar-refractivity contribution >= 4 is 5.69 Å². The maximum Gasteiger partial charge on any atom is 0.0445 e. The molecular formula is C13H18N2. The van der Waals surface area contributed by atoms with Crippen molar-refractivity contribution in [1.29, 1.82) is 0 Å². The fourth-order valence-electron chi connectivity index (χ4n) is 2.58. The van der Waals surface area contributed by atoms with Gasteiger partial charge in [-0.1, -0.05) is 18.2 Å². The van der Waals surface area contributed by atoms with Crippen molar-refractivity contribution in [1.82, 2.24) is 0 Å². The van der Waals surface area contributed by atoms with Gasteiger partial charge in [0, 0.05) is 25.3 Å². The third-order valence-electron chi connectivity index (χ3n) is 3.57. The van der Waals surface area contributed by atoms with E-state index in [0.29, 0.717) is 6.54 Å². The minimum atomic E-state index is 0.671. The van der Waals surface area contributed by atoms with Crippen LogP contribution in [-0.2, 0) is 13.0 Å². The summed E-state index contributed by atoms with van der Waals surface area (Å²) >= 11 is 0. The minimum absolute atomic E-state index is 0.671. The first-order valence-electron chi connectivity index (χ1n) is 5.94. The van der Waals surface area contributed by atoms with Crippen molar-refractivity contribution < 1.29 is 0 Å². The largest absolute Gasteiger partial charge is 0.370 e. The molecule has 1 heterocycles. The lowest BCUT2D eigenvalue weighted by Crippen LogP contribution is -2.24. The number of nitrogens with zero attached hydrogens (tertiary/aromatic N) is 1. The standard InChI is InChI=1S/C13H18N2/c14-8-12-3-1-2-11-6-7-15(13(11)12)9-10-4-5-10/h1-3,10H,4-9,14H2. The molecule has 2 nitrogen and oxygen atoms in total. The van der Waals surface area contributed by atoms with Gasteiger partial charge in [-0.3, -0.25) is 0 Å². The first-order chi connectivity index (χ1) is 7.38. The van der Waals surface area contributed by atoms with E-state index in [-0.39, 0.29) is 0 Å². The van der Waals surface area contributed by atoms with Crippen molar-refractivity contribution in [2.24, 2.45) is 11.7 Å². The summed E-state index contributed by atoms with van der Waals surface area (Å²) in [6, 6.07) is 6.56. The van der Waals surface area contributed by atoms with E-state index in [0.717, 1.165) is 5.92 Å². The molecule has 1 aliphatic heterocycles. The molecule has 15 heavy (non-hydrogen) atoms. The zero-order chi connectivity index (χ0) is 10.3. The van der Waals surface area contributed by atoms with Crippen LogP contribution in [0.25, 0.3) is 0 Å². The normalized spacial score (nSPS) is 19.4. The van der Waals surface area contributed by atoms with Crippen molar-refractivity contribution in [3.05, 3.63) is 29.3 Å². The maximum atomic E-state index is 5.80. The van der Waals surface area contributed by atoms with Crippen molar-refractivity contribution in [3.63, 3.8) is 0 Å². The quantitative estimate of drug-likeness (QED) is 0.811. The highest BCUT2D eigenvalue weighted by molar-refractivity contribution is 5.63. The number of hydrogen-bond donors (Lipinski definition) is 1. The summed E-state index contributed by atoms with van der Waals surface area (Å²) in [6.07, 6.45) is 4.06. The molecule has 0 bridgehead atoms. The van der Waals surface area contributed by atoms with E-state index in [1.54, 1.807) is 0 Å². The molecule has 0 spiro atoms. The third kappa shape index (κ3) is 1.63. The molecular weight excluding hydrogens is 184 g/mol. The molecule has 0 atom stereocenters. The Hall–Kier alpha value is -1.02. The highest BCUT2D eigenvalue weighted by Crippen LogP contribution is 2.36. The zero-order valence-corrected chi connectivity index (χ0v) is 9.08. The Bertz CT molecular complexity index is 369. The molecule has 1 fully saturated rings. The zero-order valence-electron chi connectivity index (χ0n) is 9.08. The molecule has 80 valence electrons. The maximum absolute atomic E-state index is 5.80. The van der Waals surface area contributed by atoms with Crippen LogP contribution in [0.15, 0.2) is 18.2 Å². The number of anilines is 1. The van der Waals surface area contributed by atoms with Gasteiger partial charge in [0.25, 0.3) is 0 Å². The Kier molecular flexibility index (Phi) is 2.17. The summed E-state index contributed by atoms with van der Waals surface area (Å²) in [5.41, 5.74) is 10.1. The van der Waals surface area contributed by atoms with Gasteiger partial charge in [-0.15, -0.1) is 0 Å². The molecule has 1 saturated carbocycles. The highest BCUT2D eigenvalue weighted by Gasteiger charge is 2.28. The summed E-state index contributed by atoms with van der Waals surface area (Å²) in [7, 11) is 0. The number of hydrogen-bond acceptors (Lipinski definition) is 2. The van der Waals surface area contributed by atoms with Crippen LogP contribution in [0.4, 0.5) is 5.69 Å². The second-order valence-corrected chi connectivity index (χ2v) is 4.77. The van der Waals surface area contributed by atoms with E-state index in [1.807, 2.05) is 0 Å². The van der Waals surface area contributed by atoms with Crippen LogP contribution in [0.1, 0.15) is 24.0 Å². The Balaban J connectivity index is 1.91. The van der Waals surface area contributed by atoms with Gasteiger partial charge in [0.05, 0.1) is 0 Å². The molecule has 1 aromatic rings. The molecule has 1 aliphatic carbocycles. The molecule has 0 saturated heterocycles. The summed E-state index contributed by atoms with van der Waals surface area (Å²) in [5, 5.41) is 0. The number of rotatable bonds is 3. The summed E-state index contributed by atoms with van der Waals surface area (Å²) in [5.74, 6) is 0.960. The van der Waals surface area contributed by atoms with Gasteiger partial charge in [0.2, 0.25) is 0 Å². The third-order valence-corrected chi connectivity index (χ3v) is 3.57. The molecule has 2 aliphatic rings. The lowest BCUT2D eigenvalue weighted by atomic mass is 10.1.